The molecule has 2 N–H and O–H groups in total. The van der Waals surface area contributed by atoms with Gasteiger partial charge in [-0.1, -0.05) is 0 Å². The molecule has 104 valence electrons. The molecule has 3 fully saturated rings. The minimum atomic E-state index is -0.0220. The van der Waals surface area contributed by atoms with E-state index >= 15 is 0 Å². The quantitative estimate of drug-likeness (QED) is 0.778. The van der Waals surface area contributed by atoms with E-state index in [1.54, 1.807) is 0 Å². The van der Waals surface area contributed by atoms with Gasteiger partial charge in [-0.15, -0.1) is 0 Å². The molecule has 3 aliphatic heterocycles. The molecule has 3 saturated heterocycles. The molecule has 0 spiro atoms. The number of rotatable bonds is 1. The second-order valence-corrected chi connectivity index (χ2v) is 7.75. The Hall–Kier alpha value is -0.120. The number of piperidine rings is 1. The number of fused-ring (bicyclic) bond motifs is 2. The van der Waals surface area contributed by atoms with Crippen molar-refractivity contribution in [2.75, 3.05) is 0 Å². The molecule has 0 aromatic heterocycles. The van der Waals surface area contributed by atoms with E-state index in [0.29, 0.717) is 24.2 Å². The van der Waals surface area contributed by atoms with Crippen molar-refractivity contribution in [1.82, 2.24) is 4.90 Å². The summed E-state index contributed by atoms with van der Waals surface area (Å²) in [6.07, 6.45) is 6.20. The summed E-state index contributed by atoms with van der Waals surface area (Å²) in [5.74, 6) is 0. The Labute approximate surface area is 111 Å². The van der Waals surface area contributed by atoms with Crippen molar-refractivity contribution >= 4 is 0 Å². The fraction of sp³-hybridized carbons (Fsp3) is 1.00. The number of hydrogen-bond acceptors (Lipinski definition) is 3. The Morgan fingerprint density at radius 2 is 1.61 bits per heavy atom. The van der Waals surface area contributed by atoms with Crippen LogP contribution in [0.4, 0.5) is 0 Å². The maximum Gasteiger partial charge on any atom is 0.0789 e. The molecule has 3 rings (SSSR count). The van der Waals surface area contributed by atoms with E-state index in [4.69, 9.17) is 10.5 Å². The number of ether oxygens (including phenoxy) is 1. The van der Waals surface area contributed by atoms with E-state index in [2.05, 4.69) is 32.6 Å². The minimum absolute atomic E-state index is 0.0210. The van der Waals surface area contributed by atoms with E-state index in [1.807, 2.05) is 0 Å². The molecule has 0 aliphatic carbocycles. The Morgan fingerprint density at radius 3 is 2.06 bits per heavy atom. The van der Waals surface area contributed by atoms with Gasteiger partial charge in [0.1, 0.15) is 0 Å². The van der Waals surface area contributed by atoms with Gasteiger partial charge in [-0.3, -0.25) is 4.90 Å². The van der Waals surface area contributed by atoms with Crippen LogP contribution in [-0.4, -0.2) is 40.3 Å². The molecule has 0 aromatic rings. The molecule has 3 unspecified atom stereocenters. The summed E-state index contributed by atoms with van der Waals surface area (Å²) >= 11 is 0. The SMILES string of the molecule is CC1(C)CC(N2C3CCC2CC(N)C3)C(C)(C)O1. The normalized spacial score (nSPS) is 46.5. The number of nitrogens with zero attached hydrogens (tertiary/aromatic N) is 1. The van der Waals surface area contributed by atoms with Crippen molar-refractivity contribution in [1.29, 1.82) is 0 Å². The van der Waals surface area contributed by atoms with E-state index in [-0.39, 0.29) is 11.2 Å². The van der Waals surface area contributed by atoms with Crippen molar-refractivity contribution in [2.45, 2.75) is 95.2 Å². The second-order valence-electron chi connectivity index (χ2n) is 7.75. The molecule has 3 heterocycles. The second kappa shape index (κ2) is 3.94. The van der Waals surface area contributed by atoms with Gasteiger partial charge in [0.15, 0.2) is 0 Å². The monoisotopic (exact) mass is 252 g/mol. The van der Waals surface area contributed by atoms with Gasteiger partial charge in [-0.05, 0) is 59.8 Å². The Balaban J connectivity index is 1.83. The average molecular weight is 252 g/mol. The highest BCUT2D eigenvalue weighted by atomic mass is 16.5. The molecule has 0 aromatic carbocycles. The standard InChI is InChI=1S/C15H28N2O/c1-14(2)9-13(15(3,4)18-14)17-11-5-6-12(17)8-10(16)7-11/h10-13H,5-9,16H2,1-4H3. The first-order valence-corrected chi connectivity index (χ1v) is 7.52. The third kappa shape index (κ3) is 2.00. The van der Waals surface area contributed by atoms with Crippen molar-refractivity contribution in [3.63, 3.8) is 0 Å². The summed E-state index contributed by atoms with van der Waals surface area (Å²) in [5, 5.41) is 0. The van der Waals surface area contributed by atoms with Gasteiger partial charge in [0, 0.05) is 24.2 Å². The zero-order valence-electron chi connectivity index (χ0n) is 12.3. The summed E-state index contributed by atoms with van der Waals surface area (Å²) in [7, 11) is 0. The van der Waals surface area contributed by atoms with Crippen LogP contribution in [0, 0.1) is 0 Å². The summed E-state index contributed by atoms with van der Waals surface area (Å²) in [4.78, 5) is 2.78. The molecule has 0 radical (unpaired) electrons. The first-order chi connectivity index (χ1) is 8.28. The molecule has 0 amide bonds. The van der Waals surface area contributed by atoms with Crippen LogP contribution in [0.3, 0.4) is 0 Å². The number of hydrogen-bond donors (Lipinski definition) is 1. The lowest BCUT2D eigenvalue weighted by molar-refractivity contribution is -0.0884. The number of nitrogens with two attached hydrogens (primary N) is 1. The largest absolute Gasteiger partial charge is 0.368 e. The van der Waals surface area contributed by atoms with Gasteiger partial charge < -0.3 is 10.5 Å². The molecular formula is C15H28N2O. The molecule has 3 heteroatoms. The average Bonchev–Trinajstić information content (AvgIpc) is 2.56. The van der Waals surface area contributed by atoms with Gasteiger partial charge in [0.25, 0.3) is 0 Å². The van der Waals surface area contributed by atoms with Crippen molar-refractivity contribution in [2.24, 2.45) is 5.73 Å². The van der Waals surface area contributed by atoms with Gasteiger partial charge in [0.2, 0.25) is 0 Å². The fourth-order valence-corrected chi connectivity index (χ4v) is 4.76. The summed E-state index contributed by atoms with van der Waals surface area (Å²) < 4.78 is 6.28. The third-order valence-corrected chi connectivity index (χ3v) is 5.21. The Kier molecular flexibility index (Phi) is 2.82. The van der Waals surface area contributed by atoms with Crippen LogP contribution in [0.15, 0.2) is 0 Å². The van der Waals surface area contributed by atoms with Crippen LogP contribution in [0.25, 0.3) is 0 Å². The summed E-state index contributed by atoms with van der Waals surface area (Å²) in [6, 6.07) is 2.41. The van der Waals surface area contributed by atoms with Gasteiger partial charge in [-0.2, -0.15) is 0 Å². The molecule has 2 bridgehead atoms. The molecular weight excluding hydrogens is 224 g/mol. The Morgan fingerprint density at radius 1 is 1.06 bits per heavy atom. The highest BCUT2D eigenvalue weighted by molar-refractivity contribution is 5.07. The highest BCUT2D eigenvalue weighted by Crippen LogP contribution is 2.46. The molecule has 3 nitrogen and oxygen atoms in total. The lowest BCUT2D eigenvalue weighted by Crippen LogP contribution is -2.56. The van der Waals surface area contributed by atoms with Gasteiger partial charge in [-0.25, -0.2) is 0 Å². The lowest BCUT2D eigenvalue weighted by atomic mass is 9.88. The van der Waals surface area contributed by atoms with Gasteiger partial charge >= 0.3 is 0 Å². The predicted octanol–water partition coefficient (Wildman–Crippen LogP) is 2.29. The van der Waals surface area contributed by atoms with E-state index in [9.17, 15) is 0 Å². The zero-order valence-corrected chi connectivity index (χ0v) is 12.3. The molecule has 18 heavy (non-hydrogen) atoms. The van der Waals surface area contributed by atoms with Crippen LogP contribution in [0.1, 0.15) is 59.8 Å². The van der Waals surface area contributed by atoms with Crippen LogP contribution in [0.5, 0.6) is 0 Å². The fourth-order valence-electron chi connectivity index (χ4n) is 4.76. The predicted molar refractivity (Wildman–Crippen MR) is 73.5 cm³/mol. The first kappa shape index (κ1) is 12.9. The topological polar surface area (TPSA) is 38.5 Å². The van der Waals surface area contributed by atoms with Crippen molar-refractivity contribution in [3.8, 4) is 0 Å². The highest BCUT2D eigenvalue weighted by Gasteiger charge is 2.54. The molecule has 3 aliphatic rings. The van der Waals surface area contributed by atoms with Crippen LogP contribution < -0.4 is 5.73 Å². The zero-order chi connectivity index (χ0) is 13.1. The smallest absolute Gasteiger partial charge is 0.0789 e. The molecule has 0 saturated carbocycles. The summed E-state index contributed by atoms with van der Waals surface area (Å²) in [5.41, 5.74) is 6.18. The maximum absolute atomic E-state index is 6.28. The van der Waals surface area contributed by atoms with E-state index < -0.39 is 0 Å². The Bertz CT molecular complexity index is 325. The van der Waals surface area contributed by atoms with Crippen molar-refractivity contribution < 1.29 is 4.74 Å². The lowest BCUT2D eigenvalue weighted by Gasteiger charge is -2.45. The minimum Gasteiger partial charge on any atom is -0.368 e. The van der Waals surface area contributed by atoms with Crippen LogP contribution >= 0.6 is 0 Å². The van der Waals surface area contributed by atoms with E-state index in [1.165, 1.54) is 25.7 Å². The van der Waals surface area contributed by atoms with Crippen molar-refractivity contribution in [3.05, 3.63) is 0 Å². The molecule has 3 atom stereocenters. The van der Waals surface area contributed by atoms with Crippen LogP contribution in [-0.2, 0) is 4.74 Å². The van der Waals surface area contributed by atoms with Gasteiger partial charge in [0.05, 0.1) is 11.2 Å². The maximum atomic E-state index is 6.28. The summed E-state index contributed by atoms with van der Waals surface area (Å²) in [6.45, 7) is 8.99. The first-order valence-electron chi connectivity index (χ1n) is 7.52. The van der Waals surface area contributed by atoms with E-state index in [0.717, 1.165) is 6.42 Å². The third-order valence-electron chi connectivity index (χ3n) is 5.21. The van der Waals surface area contributed by atoms with Crippen LogP contribution in [0.2, 0.25) is 0 Å².